The molecule has 0 fully saturated rings. The van der Waals surface area contributed by atoms with Crippen LogP contribution in [0.15, 0.2) is 60.7 Å². The van der Waals surface area contributed by atoms with Crippen molar-refractivity contribution in [3.8, 4) is 0 Å². The third kappa shape index (κ3) is 2.68. The van der Waals surface area contributed by atoms with Crippen LogP contribution in [-0.2, 0) is 9.59 Å². The van der Waals surface area contributed by atoms with E-state index in [2.05, 4.69) is 0 Å². The zero-order chi connectivity index (χ0) is 15.7. The molecule has 0 unspecified atom stereocenters. The summed E-state index contributed by atoms with van der Waals surface area (Å²) in [7, 11) is 0. The number of carbonyl (C=O) groups is 2. The van der Waals surface area contributed by atoms with Gasteiger partial charge in [0.15, 0.2) is 11.6 Å². The maximum Gasteiger partial charge on any atom is 0.194 e. The van der Waals surface area contributed by atoms with E-state index in [1.807, 2.05) is 62.4 Å². The molecule has 2 aromatic carbocycles. The van der Waals surface area contributed by atoms with Crippen LogP contribution in [0.3, 0.4) is 0 Å². The third-order valence-electron chi connectivity index (χ3n) is 3.79. The molecule has 0 radical (unpaired) electrons. The highest BCUT2D eigenvalue weighted by Gasteiger charge is 2.23. The lowest BCUT2D eigenvalue weighted by molar-refractivity contribution is -0.112. The van der Waals surface area contributed by atoms with Crippen molar-refractivity contribution in [2.45, 2.75) is 13.8 Å². The fourth-order valence-corrected chi connectivity index (χ4v) is 2.50. The molecule has 0 atom stereocenters. The Morgan fingerprint density at radius 2 is 0.955 bits per heavy atom. The normalized spacial score (nSPS) is 14.6. The van der Waals surface area contributed by atoms with Crippen LogP contribution in [0.5, 0.6) is 0 Å². The Morgan fingerprint density at radius 3 is 1.32 bits per heavy atom. The molecule has 0 amide bonds. The third-order valence-corrected chi connectivity index (χ3v) is 3.79. The number of aryl methyl sites for hydroxylation is 2. The van der Waals surface area contributed by atoms with Crippen molar-refractivity contribution in [3.63, 3.8) is 0 Å². The van der Waals surface area contributed by atoms with Crippen molar-refractivity contribution >= 4 is 22.7 Å². The number of Topliss-reactive ketones (excluding diaryl/α,β-unsaturated/α-hetero) is 1. The average Bonchev–Trinajstić information content (AvgIpc) is 2.51. The highest BCUT2D eigenvalue weighted by atomic mass is 16.1. The molecule has 0 aliphatic heterocycles. The molecular formula is C20H16O2. The first kappa shape index (κ1) is 14.2. The van der Waals surface area contributed by atoms with E-state index in [4.69, 9.17) is 0 Å². The van der Waals surface area contributed by atoms with Crippen molar-refractivity contribution in [2.75, 3.05) is 0 Å². The van der Waals surface area contributed by atoms with Crippen LogP contribution < -0.4 is 0 Å². The fraction of sp³-hybridized carbons (Fsp3) is 0.100. The molecule has 2 nitrogen and oxygen atoms in total. The van der Waals surface area contributed by atoms with Gasteiger partial charge in [-0.3, -0.25) is 9.59 Å². The van der Waals surface area contributed by atoms with Gasteiger partial charge in [-0.15, -0.1) is 0 Å². The molecule has 0 heterocycles. The highest BCUT2D eigenvalue weighted by molar-refractivity contribution is 6.48. The number of ketones is 2. The number of allylic oxidation sites excluding steroid dienone is 4. The van der Waals surface area contributed by atoms with E-state index in [1.165, 1.54) is 12.2 Å². The number of hydrogen-bond donors (Lipinski definition) is 0. The lowest BCUT2D eigenvalue weighted by atomic mass is 9.87. The van der Waals surface area contributed by atoms with Gasteiger partial charge < -0.3 is 0 Å². The highest BCUT2D eigenvalue weighted by Crippen LogP contribution is 2.29. The quantitative estimate of drug-likeness (QED) is 0.785. The molecule has 0 bridgehead atoms. The summed E-state index contributed by atoms with van der Waals surface area (Å²) in [6.07, 6.45) is 2.84. The summed E-state index contributed by atoms with van der Waals surface area (Å²) in [6.45, 7) is 3.98. The predicted octanol–water partition coefficient (Wildman–Crippen LogP) is 3.92. The Bertz CT molecular complexity index is 736. The molecule has 1 aliphatic carbocycles. The van der Waals surface area contributed by atoms with Gasteiger partial charge in [0.1, 0.15) is 0 Å². The molecule has 1 aliphatic rings. The molecule has 0 aromatic heterocycles. The van der Waals surface area contributed by atoms with Crippen molar-refractivity contribution in [3.05, 3.63) is 82.9 Å². The Hall–Kier alpha value is -2.74. The van der Waals surface area contributed by atoms with Crippen LogP contribution in [-0.4, -0.2) is 11.6 Å². The van der Waals surface area contributed by atoms with E-state index in [1.54, 1.807) is 0 Å². The van der Waals surface area contributed by atoms with Gasteiger partial charge in [-0.1, -0.05) is 59.7 Å². The molecule has 2 aromatic rings. The summed E-state index contributed by atoms with van der Waals surface area (Å²) < 4.78 is 0. The standard InChI is InChI=1S/C20H16O2/c1-13-3-7-15(8-4-13)18-11-17(21)12-19(20(18)22)16-9-5-14(2)6-10-16/h3-12H,1-2H3. The first-order chi connectivity index (χ1) is 10.5. The molecule has 2 heteroatoms. The van der Waals surface area contributed by atoms with E-state index in [0.717, 1.165) is 22.3 Å². The number of hydrogen-bond acceptors (Lipinski definition) is 2. The van der Waals surface area contributed by atoms with Crippen LogP contribution in [0, 0.1) is 13.8 Å². The molecular weight excluding hydrogens is 272 g/mol. The van der Waals surface area contributed by atoms with Crippen LogP contribution in [0.25, 0.3) is 11.1 Å². The molecule has 0 spiro atoms. The van der Waals surface area contributed by atoms with Crippen LogP contribution in [0.2, 0.25) is 0 Å². The molecule has 0 saturated heterocycles. The maximum atomic E-state index is 12.8. The van der Waals surface area contributed by atoms with Crippen molar-refractivity contribution in [2.24, 2.45) is 0 Å². The first-order valence-corrected chi connectivity index (χ1v) is 7.21. The zero-order valence-electron chi connectivity index (χ0n) is 12.6. The van der Waals surface area contributed by atoms with E-state index in [-0.39, 0.29) is 11.6 Å². The van der Waals surface area contributed by atoms with Crippen molar-refractivity contribution in [1.29, 1.82) is 0 Å². The minimum atomic E-state index is -0.147. The number of rotatable bonds is 2. The fourth-order valence-electron chi connectivity index (χ4n) is 2.50. The number of carbonyl (C=O) groups excluding carboxylic acids is 2. The summed E-state index contributed by atoms with van der Waals surface area (Å²) in [5.41, 5.74) is 4.72. The molecule has 108 valence electrons. The first-order valence-electron chi connectivity index (χ1n) is 7.21. The second-order valence-electron chi connectivity index (χ2n) is 5.58. The summed E-state index contributed by atoms with van der Waals surface area (Å²) >= 11 is 0. The predicted molar refractivity (Wildman–Crippen MR) is 88.3 cm³/mol. The lowest BCUT2D eigenvalue weighted by Gasteiger charge is -2.14. The van der Waals surface area contributed by atoms with E-state index in [0.29, 0.717) is 11.1 Å². The zero-order valence-corrected chi connectivity index (χ0v) is 12.6. The SMILES string of the molecule is Cc1ccc(C2=CC(=O)C=C(c3ccc(C)cc3)C2=O)cc1. The summed E-state index contributed by atoms with van der Waals surface area (Å²) in [4.78, 5) is 24.8. The Morgan fingerprint density at radius 1 is 0.591 bits per heavy atom. The summed E-state index contributed by atoms with van der Waals surface area (Å²) in [5.74, 6) is -0.252. The summed E-state index contributed by atoms with van der Waals surface area (Å²) in [5, 5.41) is 0. The Kier molecular flexibility index (Phi) is 3.60. The smallest absolute Gasteiger partial charge is 0.194 e. The average molecular weight is 288 g/mol. The van der Waals surface area contributed by atoms with Crippen LogP contribution in [0.4, 0.5) is 0 Å². The lowest BCUT2D eigenvalue weighted by Crippen LogP contribution is -2.12. The van der Waals surface area contributed by atoms with Crippen LogP contribution in [0.1, 0.15) is 22.3 Å². The Labute approximate surface area is 129 Å². The second kappa shape index (κ2) is 5.57. The number of benzene rings is 2. The van der Waals surface area contributed by atoms with Crippen LogP contribution >= 0.6 is 0 Å². The van der Waals surface area contributed by atoms with Gasteiger partial charge in [0.2, 0.25) is 0 Å². The van der Waals surface area contributed by atoms with E-state index in [9.17, 15) is 9.59 Å². The van der Waals surface area contributed by atoms with Gasteiger partial charge in [0, 0.05) is 11.1 Å². The van der Waals surface area contributed by atoms with E-state index >= 15 is 0 Å². The van der Waals surface area contributed by atoms with Crippen molar-refractivity contribution < 1.29 is 9.59 Å². The minimum absolute atomic E-state index is 0.104. The molecule has 22 heavy (non-hydrogen) atoms. The van der Waals surface area contributed by atoms with Gasteiger partial charge in [-0.25, -0.2) is 0 Å². The van der Waals surface area contributed by atoms with Gasteiger partial charge >= 0.3 is 0 Å². The van der Waals surface area contributed by atoms with Crippen molar-refractivity contribution in [1.82, 2.24) is 0 Å². The van der Waals surface area contributed by atoms with Gasteiger partial charge in [-0.05, 0) is 37.1 Å². The molecule has 0 N–H and O–H groups in total. The minimum Gasteiger partial charge on any atom is -0.290 e. The maximum absolute atomic E-state index is 12.8. The monoisotopic (exact) mass is 288 g/mol. The summed E-state index contributed by atoms with van der Waals surface area (Å²) in [6, 6.07) is 15.3. The molecule has 3 rings (SSSR count). The van der Waals surface area contributed by atoms with Gasteiger partial charge in [-0.2, -0.15) is 0 Å². The Balaban J connectivity index is 2.02. The largest absolute Gasteiger partial charge is 0.290 e. The molecule has 0 saturated carbocycles. The van der Waals surface area contributed by atoms with E-state index < -0.39 is 0 Å². The topological polar surface area (TPSA) is 34.1 Å². The van der Waals surface area contributed by atoms with Gasteiger partial charge in [0.05, 0.1) is 0 Å². The second-order valence-corrected chi connectivity index (χ2v) is 5.58. The van der Waals surface area contributed by atoms with Gasteiger partial charge in [0.25, 0.3) is 0 Å².